The minimum absolute atomic E-state index is 0.0326. The Morgan fingerprint density at radius 1 is 1.22 bits per heavy atom. The Kier molecular flexibility index (Phi) is 7.11. The molecular formula is C22H25NO3Se. The van der Waals surface area contributed by atoms with E-state index in [0.717, 1.165) is 17.3 Å². The number of carbonyl (C=O) groups excluding carboxylic acids is 1. The Hall–Kier alpha value is -2.07. The molecule has 2 aromatic carbocycles. The van der Waals surface area contributed by atoms with Crippen molar-refractivity contribution in [3.8, 4) is 0 Å². The minimum atomic E-state index is -0.317. The van der Waals surface area contributed by atoms with Gasteiger partial charge in [-0.3, -0.25) is 0 Å². The molecule has 27 heavy (non-hydrogen) atoms. The third-order valence-electron chi connectivity index (χ3n) is 4.51. The summed E-state index contributed by atoms with van der Waals surface area (Å²) in [5.74, 6) is 0. The summed E-state index contributed by atoms with van der Waals surface area (Å²) in [5.41, 5.74) is 0.977. The molecule has 4 nitrogen and oxygen atoms in total. The predicted molar refractivity (Wildman–Crippen MR) is 108 cm³/mol. The molecule has 0 saturated carbocycles. The molecule has 0 aromatic heterocycles. The average molecular weight is 430 g/mol. The van der Waals surface area contributed by atoms with E-state index in [1.165, 1.54) is 4.46 Å². The van der Waals surface area contributed by atoms with Crippen LogP contribution in [0.25, 0.3) is 0 Å². The van der Waals surface area contributed by atoms with E-state index in [9.17, 15) is 4.79 Å². The number of hydrogen-bond acceptors (Lipinski definition) is 3. The van der Waals surface area contributed by atoms with Crippen LogP contribution in [-0.2, 0) is 16.1 Å². The molecule has 1 unspecified atom stereocenters. The quantitative estimate of drug-likeness (QED) is 0.518. The Bertz CT molecular complexity index is 738. The number of amides is 1. The van der Waals surface area contributed by atoms with Crippen molar-refractivity contribution in [1.82, 2.24) is 4.90 Å². The van der Waals surface area contributed by atoms with E-state index in [1.54, 1.807) is 4.90 Å². The number of ether oxygens (including phenoxy) is 2. The molecule has 1 aliphatic rings. The predicted octanol–water partition coefficient (Wildman–Crippen LogP) is 3.76. The van der Waals surface area contributed by atoms with Gasteiger partial charge in [0.05, 0.1) is 0 Å². The van der Waals surface area contributed by atoms with Gasteiger partial charge in [-0.05, 0) is 0 Å². The van der Waals surface area contributed by atoms with Crippen molar-refractivity contribution in [1.29, 1.82) is 0 Å². The summed E-state index contributed by atoms with van der Waals surface area (Å²) in [4.78, 5) is 14.6. The number of rotatable bonds is 6. The van der Waals surface area contributed by atoms with Gasteiger partial charge in [-0.1, -0.05) is 0 Å². The van der Waals surface area contributed by atoms with E-state index < -0.39 is 0 Å². The van der Waals surface area contributed by atoms with Crippen molar-refractivity contribution in [2.24, 2.45) is 0 Å². The van der Waals surface area contributed by atoms with Crippen molar-refractivity contribution < 1.29 is 14.3 Å². The van der Waals surface area contributed by atoms with Gasteiger partial charge in [-0.25, -0.2) is 0 Å². The number of nitrogens with zero attached hydrogens (tertiary/aromatic N) is 1. The summed E-state index contributed by atoms with van der Waals surface area (Å²) < 4.78 is 13.0. The summed E-state index contributed by atoms with van der Waals surface area (Å²) in [7, 11) is 0. The van der Waals surface area contributed by atoms with Crippen LogP contribution < -0.4 is 4.46 Å². The fourth-order valence-corrected chi connectivity index (χ4v) is 5.04. The van der Waals surface area contributed by atoms with Crippen LogP contribution in [0.3, 0.4) is 0 Å². The van der Waals surface area contributed by atoms with Crippen LogP contribution in [0, 0.1) is 0 Å². The molecule has 5 heteroatoms. The number of benzene rings is 2. The standard InChI is InChI=1S/C22H25NO3Se/c1-3-19-14-17(2)23(22(24)25-15-18-10-6-4-7-11-18)21(26-19)16-27-20-12-8-5-9-13-20/h3-13,17,19,21H,1,14-16H2,2H3/t17-,19-,21?/m0/s1. The summed E-state index contributed by atoms with van der Waals surface area (Å²) >= 11 is 0.215. The zero-order valence-electron chi connectivity index (χ0n) is 15.5. The third kappa shape index (κ3) is 5.46. The molecule has 2 aromatic rings. The van der Waals surface area contributed by atoms with Crippen molar-refractivity contribution in [3.05, 3.63) is 78.9 Å². The van der Waals surface area contributed by atoms with E-state index in [0.29, 0.717) is 0 Å². The van der Waals surface area contributed by atoms with E-state index in [2.05, 4.69) is 18.7 Å². The fraction of sp³-hybridized carbons (Fsp3) is 0.318. The van der Waals surface area contributed by atoms with Gasteiger partial charge in [-0.15, -0.1) is 0 Å². The van der Waals surface area contributed by atoms with Gasteiger partial charge in [-0.2, -0.15) is 0 Å². The van der Waals surface area contributed by atoms with Gasteiger partial charge < -0.3 is 0 Å². The van der Waals surface area contributed by atoms with Gasteiger partial charge in [0, 0.05) is 0 Å². The van der Waals surface area contributed by atoms with Gasteiger partial charge in [0.1, 0.15) is 0 Å². The topological polar surface area (TPSA) is 38.8 Å². The molecule has 3 rings (SSSR count). The average Bonchev–Trinajstić information content (AvgIpc) is 2.71. The zero-order valence-corrected chi connectivity index (χ0v) is 17.2. The Morgan fingerprint density at radius 3 is 2.56 bits per heavy atom. The van der Waals surface area contributed by atoms with Gasteiger partial charge >= 0.3 is 167 Å². The van der Waals surface area contributed by atoms with Crippen LogP contribution in [0.2, 0.25) is 5.32 Å². The zero-order chi connectivity index (χ0) is 19.1. The van der Waals surface area contributed by atoms with Crippen LogP contribution in [0.15, 0.2) is 73.3 Å². The summed E-state index contributed by atoms with van der Waals surface area (Å²) in [6, 6.07) is 20.1. The first-order chi connectivity index (χ1) is 13.2. The van der Waals surface area contributed by atoms with Gasteiger partial charge in [0.2, 0.25) is 0 Å². The van der Waals surface area contributed by atoms with Gasteiger partial charge in [0.15, 0.2) is 0 Å². The van der Waals surface area contributed by atoms with Crippen LogP contribution in [-0.4, -0.2) is 44.3 Å². The Balaban J connectivity index is 1.66. The number of hydrogen-bond donors (Lipinski definition) is 0. The second kappa shape index (κ2) is 9.75. The molecule has 1 aliphatic heterocycles. The molecule has 0 spiro atoms. The molecular weight excluding hydrogens is 405 g/mol. The molecule has 1 heterocycles. The summed E-state index contributed by atoms with van der Waals surface area (Å²) in [6.45, 7) is 6.18. The van der Waals surface area contributed by atoms with E-state index in [4.69, 9.17) is 9.47 Å². The first kappa shape index (κ1) is 19.7. The first-order valence-corrected chi connectivity index (χ1v) is 11.2. The van der Waals surface area contributed by atoms with Crippen molar-refractivity contribution >= 4 is 25.5 Å². The molecule has 1 saturated heterocycles. The van der Waals surface area contributed by atoms with Crippen LogP contribution in [0.5, 0.6) is 0 Å². The SMILES string of the molecule is C=C[C@H]1C[C@H](C)N(C(=O)OCc2ccccc2)C(C[Se]c2ccccc2)O1. The van der Waals surface area contributed by atoms with E-state index in [-0.39, 0.29) is 46.0 Å². The monoisotopic (exact) mass is 431 g/mol. The molecule has 0 bridgehead atoms. The molecule has 1 fully saturated rings. The third-order valence-corrected chi connectivity index (χ3v) is 6.72. The van der Waals surface area contributed by atoms with E-state index >= 15 is 0 Å². The second-order valence-electron chi connectivity index (χ2n) is 6.52. The fourth-order valence-electron chi connectivity index (χ4n) is 3.10. The molecule has 3 atom stereocenters. The molecule has 1 amide bonds. The first-order valence-electron chi connectivity index (χ1n) is 9.12. The molecule has 0 N–H and O–H groups in total. The Labute approximate surface area is 167 Å². The molecule has 0 radical (unpaired) electrons. The summed E-state index contributed by atoms with van der Waals surface area (Å²) in [6.07, 6.45) is 1.92. The van der Waals surface area contributed by atoms with E-state index in [1.807, 2.05) is 61.5 Å². The molecule has 0 aliphatic carbocycles. The van der Waals surface area contributed by atoms with Crippen LogP contribution >= 0.6 is 0 Å². The van der Waals surface area contributed by atoms with Crippen molar-refractivity contribution in [3.63, 3.8) is 0 Å². The summed E-state index contributed by atoms with van der Waals surface area (Å²) in [5, 5.41) is 0.784. The maximum atomic E-state index is 12.8. The van der Waals surface area contributed by atoms with Crippen LogP contribution in [0.1, 0.15) is 18.9 Å². The Morgan fingerprint density at radius 2 is 1.89 bits per heavy atom. The van der Waals surface area contributed by atoms with Crippen LogP contribution in [0.4, 0.5) is 4.79 Å². The maximum absolute atomic E-state index is 12.8. The van der Waals surface area contributed by atoms with Gasteiger partial charge in [0.25, 0.3) is 0 Å². The second-order valence-corrected chi connectivity index (χ2v) is 8.82. The van der Waals surface area contributed by atoms with Crippen molar-refractivity contribution in [2.75, 3.05) is 0 Å². The molecule has 142 valence electrons. The number of carbonyl (C=O) groups is 1. The van der Waals surface area contributed by atoms with Crippen molar-refractivity contribution in [2.45, 2.75) is 43.6 Å². The normalized spacial score (nSPS) is 22.3.